The molecule has 0 saturated carbocycles. The molecule has 0 aliphatic rings. The van der Waals surface area contributed by atoms with Crippen molar-refractivity contribution in [3.05, 3.63) is 35.9 Å². The average molecular weight is 206 g/mol. The van der Waals surface area contributed by atoms with Gasteiger partial charge in [0, 0.05) is 0 Å². The van der Waals surface area contributed by atoms with E-state index >= 15 is 0 Å². The highest BCUT2D eigenvalue weighted by molar-refractivity contribution is 5.97. The molecule has 80 valence electrons. The van der Waals surface area contributed by atoms with Crippen LogP contribution in [0.5, 0.6) is 0 Å². The number of ketones is 1. The molecule has 3 nitrogen and oxygen atoms in total. The molecule has 0 heterocycles. The van der Waals surface area contributed by atoms with Crippen LogP contribution in [0.3, 0.4) is 0 Å². The van der Waals surface area contributed by atoms with Crippen LogP contribution in [0, 0.1) is 5.92 Å². The number of carbonyl (C=O) groups excluding carboxylic acids is 2. The molecular weight excluding hydrogens is 192 g/mol. The Kier molecular flexibility index (Phi) is 4.03. The summed E-state index contributed by atoms with van der Waals surface area (Å²) in [5.41, 5.74) is 0.918. The third kappa shape index (κ3) is 3.54. The second kappa shape index (κ2) is 5.29. The first-order valence-electron chi connectivity index (χ1n) is 4.82. The number of esters is 1. The van der Waals surface area contributed by atoms with E-state index in [2.05, 4.69) is 0 Å². The molecule has 15 heavy (non-hydrogen) atoms. The van der Waals surface area contributed by atoms with Crippen LogP contribution < -0.4 is 0 Å². The van der Waals surface area contributed by atoms with Gasteiger partial charge in [-0.15, -0.1) is 0 Å². The van der Waals surface area contributed by atoms with Crippen molar-refractivity contribution < 1.29 is 14.3 Å². The third-order valence-electron chi connectivity index (χ3n) is 2.19. The zero-order chi connectivity index (χ0) is 11.3. The van der Waals surface area contributed by atoms with Gasteiger partial charge in [-0.1, -0.05) is 30.3 Å². The van der Waals surface area contributed by atoms with E-state index in [1.165, 1.54) is 6.92 Å². The van der Waals surface area contributed by atoms with Gasteiger partial charge in [-0.3, -0.25) is 9.59 Å². The first kappa shape index (κ1) is 11.4. The highest BCUT2D eigenvalue weighted by atomic mass is 16.5. The van der Waals surface area contributed by atoms with Crippen LogP contribution >= 0.6 is 0 Å². The molecule has 0 N–H and O–H groups in total. The van der Waals surface area contributed by atoms with Gasteiger partial charge in [0.25, 0.3) is 0 Å². The Bertz CT molecular complexity index is 343. The van der Waals surface area contributed by atoms with Crippen LogP contribution in [0.2, 0.25) is 0 Å². The minimum Gasteiger partial charge on any atom is -0.460 e. The predicted octanol–water partition coefficient (Wildman–Crippen LogP) is 1.95. The lowest BCUT2D eigenvalue weighted by Crippen LogP contribution is -2.20. The summed E-state index contributed by atoms with van der Waals surface area (Å²) in [4.78, 5) is 22.2. The van der Waals surface area contributed by atoms with Crippen molar-refractivity contribution >= 4 is 11.8 Å². The smallest absolute Gasteiger partial charge is 0.316 e. The Balaban J connectivity index is 2.44. The lowest BCUT2D eigenvalue weighted by molar-refractivity contribution is -0.152. The van der Waals surface area contributed by atoms with E-state index in [0.717, 1.165) is 5.56 Å². The Morgan fingerprint density at radius 2 is 1.87 bits per heavy atom. The molecule has 0 amide bonds. The number of carbonyl (C=O) groups is 2. The third-order valence-corrected chi connectivity index (χ3v) is 2.19. The van der Waals surface area contributed by atoms with Crippen LogP contribution in [-0.4, -0.2) is 11.8 Å². The molecule has 1 rings (SSSR count). The van der Waals surface area contributed by atoms with Crippen LogP contribution in [0.1, 0.15) is 19.4 Å². The van der Waals surface area contributed by atoms with Crippen molar-refractivity contribution in [3.8, 4) is 0 Å². The molecular formula is C12H14O3. The number of hydrogen-bond donors (Lipinski definition) is 0. The van der Waals surface area contributed by atoms with Crippen LogP contribution in [0.15, 0.2) is 30.3 Å². The minimum atomic E-state index is -0.672. The molecule has 0 fully saturated rings. The average Bonchev–Trinajstić information content (AvgIpc) is 2.26. The molecule has 0 unspecified atom stereocenters. The van der Waals surface area contributed by atoms with E-state index in [0.29, 0.717) is 0 Å². The van der Waals surface area contributed by atoms with Gasteiger partial charge in [-0.2, -0.15) is 0 Å². The van der Waals surface area contributed by atoms with Gasteiger partial charge in [0.1, 0.15) is 18.3 Å². The molecule has 0 aliphatic heterocycles. The zero-order valence-corrected chi connectivity index (χ0v) is 8.90. The fourth-order valence-corrected chi connectivity index (χ4v) is 1.02. The fraction of sp³-hybridized carbons (Fsp3) is 0.333. The highest BCUT2D eigenvalue weighted by Gasteiger charge is 2.18. The number of rotatable bonds is 4. The van der Waals surface area contributed by atoms with Gasteiger partial charge in [0.05, 0.1) is 0 Å². The summed E-state index contributed by atoms with van der Waals surface area (Å²) in [5.74, 6) is -1.31. The van der Waals surface area contributed by atoms with E-state index in [4.69, 9.17) is 4.74 Å². The first-order valence-corrected chi connectivity index (χ1v) is 4.82. The lowest BCUT2D eigenvalue weighted by atomic mass is 10.1. The standard InChI is InChI=1S/C12H14O3/c1-9(10(2)13)12(14)15-8-11-6-4-3-5-7-11/h3-7,9H,8H2,1-2H3/t9-/m1/s1. The molecule has 0 radical (unpaired) electrons. The normalized spacial score (nSPS) is 11.9. The van der Waals surface area contributed by atoms with Gasteiger partial charge in [0.2, 0.25) is 0 Å². The maximum absolute atomic E-state index is 11.3. The van der Waals surface area contributed by atoms with E-state index in [1.54, 1.807) is 6.92 Å². The van der Waals surface area contributed by atoms with E-state index < -0.39 is 11.9 Å². The molecule has 1 atom stereocenters. The van der Waals surface area contributed by atoms with Crippen LogP contribution in [0.25, 0.3) is 0 Å². The minimum absolute atomic E-state index is 0.173. The molecule has 0 bridgehead atoms. The molecule has 1 aromatic carbocycles. The van der Waals surface area contributed by atoms with Gasteiger partial charge in [-0.05, 0) is 19.4 Å². The van der Waals surface area contributed by atoms with Crippen molar-refractivity contribution in [1.82, 2.24) is 0 Å². The van der Waals surface area contributed by atoms with Gasteiger partial charge >= 0.3 is 5.97 Å². The van der Waals surface area contributed by atoms with Crippen molar-refractivity contribution in [2.24, 2.45) is 5.92 Å². The van der Waals surface area contributed by atoms with Gasteiger partial charge in [0.15, 0.2) is 0 Å². The summed E-state index contributed by atoms with van der Waals surface area (Å²) in [6.45, 7) is 3.15. The van der Waals surface area contributed by atoms with E-state index in [9.17, 15) is 9.59 Å². The number of hydrogen-bond acceptors (Lipinski definition) is 3. The molecule has 0 saturated heterocycles. The molecule has 0 aliphatic carbocycles. The van der Waals surface area contributed by atoms with Crippen molar-refractivity contribution in [1.29, 1.82) is 0 Å². The Morgan fingerprint density at radius 3 is 2.40 bits per heavy atom. The summed E-state index contributed by atoms with van der Waals surface area (Å²) in [6.07, 6.45) is 0. The largest absolute Gasteiger partial charge is 0.460 e. The summed E-state index contributed by atoms with van der Waals surface area (Å²) >= 11 is 0. The molecule has 0 spiro atoms. The Morgan fingerprint density at radius 1 is 1.27 bits per heavy atom. The van der Waals surface area contributed by atoms with Crippen molar-refractivity contribution in [2.45, 2.75) is 20.5 Å². The molecule has 0 aromatic heterocycles. The Hall–Kier alpha value is -1.64. The second-order valence-corrected chi connectivity index (χ2v) is 3.43. The summed E-state index contributed by atoms with van der Waals surface area (Å²) in [7, 11) is 0. The van der Waals surface area contributed by atoms with Gasteiger partial charge in [-0.25, -0.2) is 0 Å². The number of Topliss-reactive ketones (excluding diaryl/α,β-unsaturated/α-hetero) is 1. The Labute approximate surface area is 89.1 Å². The second-order valence-electron chi connectivity index (χ2n) is 3.43. The monoisotopic (exact) mass is 206 g/mol. The maximum Gasteiger partial charge on any atom is 0.316 e. The summed E-state index contributed by atoms with van der Waals surface area (Å²) in [5, 5.41) is 0. The summed E-state index contributed by atoms with van der Waals surface area (Å²) in [6, 6.07) is 9.37. The first-order chi connectivity index (χ1) is 7.11. The van der Waals surface area contributed by atoms with E-state index in [1.807, 2.05) is 30.3 Å². The van der Waals surface area contributed by atoms with Crippen LogP contribution in [0.4, 0.5) is 0 Å². The fourth-order valence-electron chi connectivity index (χ4n) is 1.02. The number of benzene rings is 1. The maximum atomic E-state index is 11.3. The highest BCUT2D eigenvalue weighted by Crippen LogP contribution is 2.05. The van der Waals surface area contributed by atoms with Crippen molar-refractivity contribution in [2.75, 3.05) is 0 Å². The lowest BCUT2D eigenvalue weighted by Gasteiger charge is -2.08. The van der Waals surface area contributed by atoms with Gasteiger partial charge < -0.3 is 4.74 Å². The van der Waals surface area contributed by atoms with Crippen molar-refractivity contribution in [3.63, 3.8) is 0 Å². The van der Waals surface area contributed by atoms with E-state index in [-0.39, 0.29) is 12.4 Å². The zero-order valence-electron chi connectivity index (χ0n) is 8.90. The summed E-state index contributed by atoms with van der Waals surface area (Å²) < 4.78 is 4.99. The predicted molar refractivity (Wildman–Crippen MR) is 56.1 cm³/mol. The number of ether oxygens (including phenoxy) is 1. The topological polar surface area (TPSA) is 43.4 Å². The quantitative estimate of drug-likeness (QED) is 0.558. The molecule has 3 heteroatoms. The molecule has 1 aromatic rings. The SMILES string of the molecule is CC(=O)[C@@H](C)C(=O)OCc1ccccc1. The van der Waals surface area contributed by atoms with Crippen LogP contribution in [-0.2, 0) is 20.9 Å².